The van der Waals surface area contributed by atoms with Gasteiger partial charge in [0.05, 0.1) is 0 Å². The second-order valence-electron chi connectivity index (χ2n) is 3.44. The number of carboxylic acid groups (broad SMARTS) is 1. The highest BCUT2D eigenvalue weighted by atomic mass is 35.5. The van der Waals surface area contributed by atoms with Crippen LogP contribution in [-0.2, 0) is 0 Å². The average molecular weight is 212 g/mol. The largest absolute Gasteiger partial charge is 0.465 e. The molecule has 0 aliphatic carbocycles. The molecule has 0 radical (unpaired) electrons. The lowest BCUT2D eigenvalue weighted by Crippen LogP contribution is -2.47. The molecule has 1 heterocycles. The molecular formula is C10H10ClNO2. The number of halogens is 1. The van der Waals surface area contributed by atoms with Crippen LogP contribution < -0.4 is 0 Å². The summed E-state index contributed by atoms with van der Waals surface area (Å²) in [5.41, 5.74) is 1.16. The van der Waals surface area contributed by atoms with Crippen LogP contribution in [0.25, 0.3) is 0 Å². The van der Waals surface area contributed by atoms with E-state index in [0.29, 0.717) is 24.0 Å². The summed E-state index contributed by atoms with van der Waals surface area (Å²) in [5, 5.41) is 9.36. The summed E-state index contributed by atoms with van der Waals surface area (Å²) < 4.78 is 0. The van der Waals surface area contributed by atoms with Gasteiger partial charge in [-0.25, -0.2) is 4.79 Å². The first kappa shape index (κ1) is 9.34. The van der Waals surface area contributed by atoms with Crippen LogP contribution >= 0.6 is 11.6 Å². The standard InChI is InChI=1S/C10H10ClNO2/c11-9-3-1-7(2-4-9)8-5-12(6-8)10(13)14/h1-4,8H,5-6H2,(H,13,14). The Labute approximate surface area is 86.9 Å². The van der Waals surface area contributed by atoms with Crippen LogP contribution in [0, 0.1) is 0 Å². The Kier molecular flexibility index (Phi) is 2.33. The lowest BCUT2D eigenvalue weighted by Gasteiger charge is -2.37. The van der Waals surface area contributed by atoms with E-state index in [1.165, 1.54) is 4.90 Å². The van der Waals surface area contributed by atoms with Crippen LogP contribution in [0.5, 0.6) is 0 Å². The van der Waals surface area contributed by atoms with E-state index in [0.717, 1.165) is 5.56 Å². The first-order valence-corrected chi connectivity index (χ1v) is 4.78. The zero-order valence-corrected chi connectivity index (χ0v) is 8.24. The van der Waals surface area contributed by atoms with Crippen molar-refractivity contribution in [3.05, 3.63) is 34.9 Å². The van der Waals surface area contributed by atoms with Crippen LogP contribution in [0.15, 0.2) is 24.3 Å². The molecule has 0 saturated carbocycles. The summed E-state index contributed by atoms with van der Waals surface area (Å²) in [4.78, 5) is 11.9. The van der Waals surface area contributed by atoms with Crippen molar-refractivity contribution in [3.8, 4) is 0 Å². The highest BCUT2D eigenvalue weighted by molar-refractivity contribution is 6.30. The Morgan fingerprint density at radius 1 is 1.36 bits per heavy atom. The number of nitrogens with zero attached hydrogens (tertiary/aromatic N) is 1. The van der Waals surface area contributed by atoms with Gasteiger partial charge in [-0.1, -0.05) is 23.7 Å². The molecule has 1 aromatic carbocycles. The normalized spacial score (nSPS) is 16.5. The van der Waals surface area contributed by atoms with Crippen molar-refractivity contribution in [2.45, 2.75) is 5.92 Å². The summed E-state index contributed by atoms with van der Waals surface area (Å²) in [6.45, 7) is 1.19. The number of carbonyl (C=O) groups is 1. The zero-order valence-electron chi connectivity index (χ0n) is 7.48. The van der Waals surface area contributed by atoms with Crippen molar-refractivity contribution in [1.29, 1.82) is 0 Å². The maximum atomic E-state index is 10.5. The predicted octanol–water partition coefficient (Wildman–Crippen LogP) is 2.42. The van der Waals surface area contributed by atoms with E-state index in [9.17, 15) is 4.79 Å². The molecule has 14 heavy (non-hydrogen) atoms. The molecule has 0 spiro atoms. The fraction of sp³-hybridized carbons (Fsp3) is 0.300. The molecule has 2 rings (SSSR count). The first-order valence-electron chi connectivity index (χ1n) is 4.40. The molecule has 1 aliphatic heterocycles. The Bertz CT molecular complexity index is 344. The van der Waals surface area contributed by atoms with Gasteiger partial charge < -0.3 is 10.0 Å². The van der Waals surface area contributed by atoms with Gasteiger partial charge in [-0.3, -0.25) is 0 Å². The lowest BCUT2D eigenvalue weighted by atomic mass is 9.92. The highest BCUT2D eigenvalue weighted by Gasteiger charge is 2.31. The number of hydrogen-bond donors (Lipinski definition) is 1. The predicted molar refractivity (Wildman–Crippen MR) is 53.8 cm³/mol. The Hall–Kier alpha value is -1.22. The Balaban J connectivity index is 2.00. The number of rotatable bonds is 1. The van der Waals surface area contributed by atoms with Crippen molar-refractivity contribution in [2.75, 3.05) is 13.1 Å². The number of benzene rings is 1. The summed E-state index contributed by atoms with van der Waals surface area (Å²) >= 11 is 5.75. The second-order valence-corrected chi connectivity index (χ2v) is 3.87. The molecule has 0 atom stereocenters. The molecule has 1 N–H and O–H groups in total. The Morgan fingerprint density at radius 2 is 1.93 bits per heavy atom. The van der Waals surface area contributed by atoms with E-state index >= 15 is 0 Å². The molecule has 0 bridgehead atoms. The fourth-order valence-electron chi connectivity index (χ4n) is 1.58. The van der Waals surface area contributed by atoms with E-state index < -0.39 is 6.09 Å². The maximum Gasteiger partial charge on any atom is 0.407 e. The van der Waals surface area contributed by atoms with Gasteiger partial charge in [0.1, 0.15) is 0 Å². The molecule has 0 aromatic heterocycles. The van der Waals surface area contributed by atoms with Gasteiger partial charge >= 0.3 is 6.09 Å². The van der Waals surface area contributed by atoms with Gasteiger partial charge in [0.15, 0.2) is 0 Å². The second kappa shape index (κ2) is 3.50. The van der Waals surface area contributed by atoms with E-state index in [1.807, 2.05) is 24.3 Å². The van der Waals surface area contributed by atoms with Crippen molar-refractivity contribution in [1.82, 2.24) is 4.90 Å². The maximum absolute atomic E-state index is 10.5. The smallest absolute Gasteiger partial charge is 0.407 e. The summed E-state index contributed by atoms with van der Waals surface area (Å²) in [6.07, 6.45) is -0.838. The third kappa shape index (κ3) is 1.68. The third-order valence-corrected chi connectivity index (χ3v) is 2.75. The van der Waals surface area contributed by atoms with Crippen LogP contribution in [0.1, 0.15) is 11.5 Å². The molecule has 1 aromatic rings. The molecule has 1 aliphatic rings. The minimum absolute atomic E-state index is 0.336. The molecule has 1 fully saturated rings. The number of amides is 1. The minimum Gasteiger partial charge on any atom is -0.465 e. The Morgan fingerprint density at radius 3 is 2.43 bits per heavy atom. The molecule has 1 amide bonds. The lowest BCUT2D eigenvalue weighted by molar-refractivity contribution is 0.105. The average Bonchev–Trinajstić information content (AvgIpc) is 2.05. The van der Waals surface area contributed by atoms with Crippen LogP contribution in [0.3, 0.4) is 0 Å². The highest BCUT2D eigenvalue weighted by Crippen LogP contribution is 2.27. The van der Waals surface area contributed by atoms with Crippen LogP contribution in [0.4, 0.5) is 4.79 Å². The van der Waals surface area contributed by atoms with E-state index in [-0.39, 0.29) is 0 Å². The van der Waals surface area contributed by atoms with Gasteiger partial charge in [0.2, 0.25) is 0 Å². The van der Waals surface area contributed by atoms with Crippen LogP contribution in [0.2, 0.25) is 5.02 Å². The molecule has 3 nitrogen and oxygen atoms in total. The van der Waals surface area contributed by atoms with Crippen molar-refractivity contribution in [3.63, 3.8) is 0 Å². The monoisotopic (exact) mass is 211 g/mol. The van der Waals surface area contributed by atoms with Crippen LogP contribution in [-0.4, -0.2) is 29.2 Å². The van der Waals surface area contributed by atoms with Crippen molar-refractivity contribution in [2.24, 2.45) is 0 Å². The van der Waals surface area contributed by atoms with E-state index in [2.05, 4.69) is 0 Å². The van der Waals surface area contributed by atoms with Crippen molar-refractivity contribution >= 4 is 17.7 Å². The third-order valence-electron chi connectivity index (χ3n) is 2.49. The molecule has 4 heteroatoms. The molecule has 0 unspecified atom stereocenters. The van der Waals surface area contributed by atoms with E-state index in [4.69, 9.17) is 16.7 Å². The number of hydrogen-bond acceptors (Lipinski definition) is 1. The van der Waals surface area contributed by atoms with E-state index in [1.54, 1.807) is 0 Å². The molecule has 1 saturated heterocycles. The van der Waals surface area contributed by atoms with Gasteiger partial charge in [0.25, 0.3) is 0 Å². The first-order chi connectivity index (χ1) is 6.66. The summed E-state index contributed by atoms with van der Waals surface area (Å²) in [7, 11) is 0. The van der Waals surface area contributed by atoms with Gasteiger partial charge in [-0.15, -0.1) is 0 Å². The zero-order chi connectivity index (χ0) is 10.1. The SMILES string of the molecule is O=C(O)N1CC(c2ccc(Cl)cc2)C1. The van der Waals surface area contributed by atoms with Gasteiger partial charge in [-0.05, 0) is 17.7 Å². The van der Waals surface area contributed by atoms with Crippen molar-refractivity contribution < 1.29 is 9.90 Å². The van der Waals surface area contributed by atoms with Gasteiger partial charge in [-0.2, -0.15) is 0 Å². The minimum atomic E-state index is -0.838. The summed E-state index contributed by atoms with van der Waals surface area (Å²) in [6, 6.07) is 7.57. The molecule has 74 valence electrons. The molecular weight excluding hydrogens is 202 g/mol. The number of likely N-dealkylation sites (tertiary alicyclic amines) is 1. The quantitative estimate of drug-likeness (QED) is 0.775. The summed E-state index contributed by atoms with van der Waals surface area (Å²) in [5.74, 6) is 0.336. The fourth-order valence-corrected chi connectivity index (χ4v) is 1.71. The van der Waals surface area contributed by atoms with Gasteiger partial charge in [0, 0.05) is 24.0 Å². The topological polar surface area (TPSA) is 40.5 Å².